The molecule has 130 valence electrons. The molecule has 4 rings (SSSR count). The molecule has 0 amide bonds. The Morgan fingerprint density at radius 1 is 1.08 bits per heavy atom. The number of ether oxygens (including phenoxy) is 1. The monoisotopic (exact) mass is 335 g/mol. The van der Waals surface area contributed by atoms with Gasteiger partial charge < -0.3 is 4.74 Å². The van der Waals surface area contributed by atoms with Crippen LogP contribution in [-0.2, 0) is 6.61 Å². The number of rotatable bonds is 5. The van der Waals surface area contributed by atoms with E-state index in [1.54, 1.807) is 11.8 Å². The van der Waals surface area contributed by atoms with Crippen molar-refractivity contribution in [3.63, 3.8) is 0 Å². The molecule has 0 unspecified atom stereocenters. The smallest absolute Gasteiger partial charge is 0.233 e. The minimum atomic E-state index is 0.520. The Kier molecular flexibility index (Phi) is 5.07. The molecule has 0 N–H and O–H groups in total. The molecule has 2 fully saturated rings. The molecule has 0 spiro atoms. The molecule has 2 aliphatic rings. The van der Waals surface area contributed by atoms with Crippen LogP contribution in [0.3, 0.4) is 0 Å². The maximum atomic E-state index is 5.64. The van der Waals surface area contributed by atoms with Crippen LogP contribution in [-0.4, -0.2) is 34.2 Å². The zero-order valence-corrected chi connectivity index (χ0v) is 14.6. The number of likely N-dealkylation sites (tertiary alicyclic amines) is 1. The highest BCUT2D eigenvalue weighted by molar-refractivity contribution is 5.53. The molecule has 1 aromatic carbocycles. The van der Waals surface area contributed by atoms with Crippen LogP contribution in [0.1, 0.15) is 43.2 Å². The summed E-state index contributed by atoms with van der Waals surface area (Å²) in [4.78, 5) is 2.69. The molecule has 2 heterocycles. The Bertz CT molecular complexity index is 698. The third kappa shape index (κ3) is 4.26. The molecule has 0 bridgehead atoms. The number of piperidine rings is 1. The molecule has 1 aliphatic heterocycles. The van der Waals surface area contributed by atoms with Gasteiger partial charge in [-0.1, -0.05) is 42.3 Å². The minimum Gasteiger partial charge on any atom is -0.472 e. The lowest BCUT2D eigenvalue weighted by atomic mass is 9.89. The molecule has 4 nitrogen and oxygen atoms in total. The van der Waals surface area contributed by atoms with E-state index in [0.717, 1.165) is 11.6 Å². The fraction of sp³-hybridized carbons (Fsp3) is 0.429. The predicted molar refractivity (Wildman–Crippen MR) is 99.2 cm³/mol. The second kappa shape index (κ2) is 7.79. The fourth-order valence-electron chi connectivity index (χ4n) is 3.54. The van der Waals surface area contributed by atoms with Crippen molar-refractivity contribution in [2.24, 2.45) is 0 Å². The molecule has 1 aliphatic carbocycles. The van der Waals surface area contributed by atoms with Crippen LogP contribution in [0.25, 0.3) is 6.08 Å². The Labute approximate surface area is 149 Å². The quantitative estimate of drug-likeness (QED) is 0.825. The second-order valence-corrected chi connectivity index (χ2v) is 7.02. The zero-order valence-electron chi connectivity index (χ0n) is 14.6. The summed E-state index contributed by atoms with van der Waals surface area (Å²) in [7, 11) is 0. The van der Waals surface area contributed by atoms with Crippen LogP contribution < -0.4 is 4.74 Å². The first-order valence-electron chi connectivity index (χ1n) is 9.30. The Hall–Kier alpha value is -2.20. The van der Waals surface area contributed by atoms with E-state index in [9.17, 15) is 0 Å². The Balaban J connectivity index is 1.30. The first kappa shape index (κ1) is 16.3. The molecule has 1 aromatic heterocycles. The highest BCUT2D eigenvalue weighted by Gasteiger charge is 2.26. The molecule has 25 heavy (non-hydrogen) atoms. The average Bonchev–Trinajstić information content (AvgIpc) is 2.62. The number of hydrogen-bond donors (Lipinski definition) is 0. The Morgan fingerprint density at radius 3 is 2.52 bits per heavy atom. The van der Waals surface area contributed by atoms with Gasteiger partial charge in [-0.3, -0.25) is 4.90 Å². The van der Waals surface area contributed by atoms with Crippen LogP contribution in [0.4, 0.5) is 0 Å². The lowest BCUT2D eigenvalue weighted by Gasteiger charge is -2.40. The largest absolute Gasteiger partial charge is 0.472 e. The van der Waals surface area contributed by atoms with Gasteiger partial charge in [0.1, 0.15) is 6.61 Å². The SMILES string of the molecule is C(=C1CCN(C2CCC2)CC1)c1ccc(COc2cccnn2)cc1. The molecular formula is C21H25N3O. The van der Waals surface area contributed by atoms with E-state index in [1.165, 1.54) is 50.8 Å². The van der Waals surface area contributed by atoms with Crippen molar-refractivity contribution in [3.8, 4) is 5.88 Å². The van der Waals surface area contributed by atoms with E-state index in [-0.39, 0.29) is 0 Å². The topological polar surface area (TPSA) is 38.2 Å². The van der Waals surface area contributed by atoms with E-state index in [4.69, 9.17) is 4.74 Å². The van der Waals surface area contributed by atoms with Crippen LogP contribution in [0, 0.1) is 0 Å². The molecule has 4 heteroatoms. The summed E-state index contributed by atoms with van der Waals surface area (Å²) in [6.45, 7) is 2.99. The summed E-state index contributed by atoms with van der Waals surface area (Å²) in [5, 5.41) is 7.75. The summed E-state index contributed by atoms with van der Waals surface area (Å²) in [6, 6.07) is 13.2. The lowest BCUT2D eigenvalue weighted by molar-refractivity contribution is 0.118. The highest BCUT2D eigenvalue weighted by atomic mass is 16.5. The molecule has 1 saturated heterocycles. The first-order valence-corrected chi connectivity index (χ1v) is 9.30. The van der Waals surface area contributed by atoms with Gasteiger partial charge >= 0.3 is 0 Å². The van der Waals surface area contributed by atoms with E-state index >= 15 is 0 Å². The molecule has 0 atom stereocenters. The van der Waals surface area contributed by atoms with Crippen molar-refractivity contribution in [1.29, 1.82) is 0 Å². The van der Waals surface area contributed by atoms with Gasteiger partial charge in [-0.05, 0) is 42.9 Å². The van der Waals surface area contributed by atoms with Crippen molar-refractivity contribution in [2.45, 2.75) is 44.8 Å². The molecule has 2 aromatic rings. The van der Waals surface area contributed by atoms with Crippen molar-refractivity contribution in [2.75, 3.05) is 13.1 Å². The summed E-state index contributed by atoms with van der Waals surface area (Å²) in [5.41, 5.74) is 4.02. The van der Waals surface area contributed by atoms with Gasteiger partial charge in [-0.15, -0.1) is 5.10 Å². The third-order valence-electron chi connectivity index (χ3n) is 5.32. The van der Waals surface area contributed by atoms with Gasteiger partial charge in [-0.25, -0.2) is 0 Å². The highest BCUT2D eigenvalue weighted by Crippen LogP contribution is 2.29. The summed E-state index contributed by atoms with van der Waals surface area (Å²) in [5.74, 6) is 0.562. The molecule has 1 saturated carbocycles. The maximum Gasteiger partial charge on any atom is 0.233 e. The van der Waals surface area contributed by atoms with Gasteiger partial charge in [0.25, 0.3) is 0 Å². The predicted octanol–water partition coefficient (Wildman–Crippen LogP) is 4.09. The fourth-order valence-corrected chi connectivity index (χ4v) is 3.54. The second-order valence-electron chi connectivity index (χ2n) is 7.02. The van der Waals surface area contributed by atoms with E-state index in [2.05, 4.69) is 45.4 Å². The van der Waals surface area contributed by atoms with Gasteiger partial charge in [0.2, 0.25) is 5.88 Å². The van der Waals surface area contributed by atoms with Crippen LogP contribution in [0.15, 0.2) is 48.2 Å². The van der Waals surface area contributed by atoms with Gasteiger partial charge in [0.15, 0.2) is 0 Å². The summed E-state index contributed by atoms with van der Waals surface area (Å²) in [6.07, 6.45) is 10.7. The number of benzene rings is 1. The van der Waals surface area contributed by atoms with E-state index < -0.39 is 0 Å². The number of aromatic nitrogens is 2. The first-order chi connectivity index (χ1) is 12.4. The van der Waals surface area contributed by atoms with Gasteiger partial charge in [-0.2, -0.15) is 5.10 Å². The van der Waals surface area contributed by atoms with Crippen molar-refractivity contribution < 1.29 is 4.74 Å². The summed E-state index contributed by atoms with van der Waals surface area (Å²) < 4.78 is 5.64. The average molecular weight is 335 g/mol. The van der Waals surface area contributed by atoms with Crippen molar-refractivity contribution in [3.05, 3.63) is 59.3 Å². The van der Waals surface area contributed by atoms with Gasteiger partial charge in [0.05, 0.1) is 0 Å². The number of hydrogen-bond acceptors (Lipinski definition) is 4. The molecule has 0 radical (unpaired) electrons. The Morgan fingerprint density at radius 2 is 1.88 bits per heavy atom. The minimum absolute atomic E-state index is 0.520. The normalized spacial score (nSPS) is 18.6. The summed E-state index contributed by atoms with van der Waals surface area (Å²) >= 11 is 0. The standard InChI is InChI=1S/C21H25N3O/c1-3-20(4-1)24-13-10-18(11-14-24)15-17-6-8-19(9-7-17)16-25-21-5-2-12-22-23-21/h2,5-9,12,15,20H,1,3-4,10-11,13-14,16H2. The van der Waals surface area contributed by atoms with E-state index in [1.807, 2.05) is 12.1 Å². The maximum absolute atomic E-state index is 5.64. The van der Waals surface area contributed by atoms with Crippen molar-refractivity contribution >= 4 is 6.08 Å². The molecular weight excluding hydrogens is 310 g/mol. The zero-order chi connectivity index (χ0) is 16.9. The number of nitrogens with zero attached hydrogens (tertiary/aromatic N) is 3. The van der Waals surface area contributed by atoms with Crippen LogP contribution >= 0.6 is 0 Å². The third-order valence-corrected chi connectivity index (χ3v) is 5.32. The van der Waals surface area contributed by atoms with E-state index in [0.29, 0.717) is 12.5 Å². The van der Waals surface area contributed by atoms with Crippen molar-refractivity contribution in [1.82, 2.24) is 15.1 Å². The van der Waals surface area contributed by atoms with Gasteiger partial charge in [0, 0.05) is 31.4 Å². The lowest BCUT2D eigenvalue weighted by Crippen LogP contribution is -2.43. The van der Waals surface area contributed by atoms with Crippen LogP contribution in [0.5, 0.6) is 5.88 Å². The van der Waals surface area contributed by atoms with Crippen LogP contribution in [0.2, 0.25) is 0 Å².